The van der Waals surface area contributed by atoms with Gasteiger partial charge in [0.05, 0.1) is 6.20 Å². The Balaban J connectivity index is 1.41. The van der Waals surface area contributed by atoms with Crippen LogP contribution in [0.2, 0.25) is 5.02 Å². The zero-order valence-electron chi connectivity index (χ0n) is 15.0. The zero-order chi connectivity index (χ0) is 19.0. The molecule has 1 N–H and O–H groups in total. The molecule has 1 aromatic carbocycles. The lowest BCUT2D eigenvalue weighted by Crippen LogP contribution is -2.49. The Bertz CT molecular complexity index is 995. The van der Waals surface area contributed by atoms with E-state index in [2.05, 4.69) is 16.1 Å². The molecule has 1 aliphatic rings. The fraction of sp³-hybridized carbons (Fsp3) is 0.316. The molecule has 2 aromatic heterocycles. The van der Waals surface area contributed by atoms with Crippen molar-refractivity contribution in [3.8, 4) is 0 Å². The van der Waals surface area contributed by atoms with Crippen molar-refractivity contribution in [1.82, 2.24) is 14.7 Å². The van der Waals surface area contributed by atoms with Crippen molar-refractivity contribution in [1.29, 1.82) is 0 Å². The average molecular weight is 387 g/mol. The van der Waals surface area contributed by atoms with E-state index in [9.17, 15) is 10.0 Å². The smallest absolute Gasteiger partial charge is 0.248 e. The third-order valence-electron chi connectivity index (χ3n) is 5.00. The van der Waals surface area contributed by atoms with Crippen molar-refractivity contribution in [3.63, 3.8) is 0 Å². The van der Waals surface area contributed by atoms with Gasteiger partial charge in [-0.25, -0.2) is 4.68 Å². The SMILES string of the molecule is Cc1cc(N2CCN(C(=O)Cn3ncc4cc[n+](O)cc43)CC2)ccc1Cl. The predicted octanol–water partition coefficient (Wildman–Crippen LogP) is 1.87. The minimum absolute atomic E-state index is 0.0280. The third kappa shape index (κ3) is 3.55. The second-order valence-electron chi connectivity index (χ2n) is 6.77. The molecule has 1 aliphatic heterocycles. The number of pyridine rings is 1. The van der Waals surface area contributed by atoms with Crippen molar-refractivity contribution in [2.24, 2.45) is 0 Å². The number of hydrogen-bond acceptors (Lipinski definition) is 4. The Morgan fingerprint density at radius 2 is 2.04 bits per heavy atom. The molecular formula is C19H21ClN5O2+. The van der Waals surface area contributed by atoms with Crippen LogP contribution >= 0.6 is 11.6 Å². The van der Waals surface area contributed by atoms with Crippen LogP contribution in [-0.4, -0.2) is 52.0 Å². The Hall–Kier alpha value is -2.80. The van der Waals surface area contributed by atoms with Gasteiger partial charge in [-0.1, -0.05) is 11.6 Å². The number of amides is 1. The molecule has 1 saturated heterocycles. The van der Waals surface area contributed by atoms with Gasteiger partial charge >= 0.3 is 0 Å². The molecule has 3 aromatic rings. The van der Waals surface area contributed by atoms with Crippen LogP contribution in [0.5, 0.6) is 0 Å². The van der Waals surface area contributed by atoms with E-state index in [1.165, 1.54) is 6.20 Å². The Labute approximate surface area is 161 Å². The van der Waals surface area contributed by atoms with E-state index >= 15 is 0 Å². The second kappa shape index (κ2) is 7.08. The zero-order valence-corrected chi connectivity index (χ0v) is 15.8. The van der Waals surface area contributed by atoms with Gasteiger partial charge in [-0.05, 0) is 30.7 Å². The highest BCUT2D eigenvalue weighted by Crippen LogP contribution is 2.23. The number of anilines is 1. The number of rotatable bonds is 3. The van der Waals surface area contributed by atoms with Crippen molar-refractivity contribution in [2.45, 2.75) is 13.5 Å². The van der Waals surface area contributed by atoms with Gasteiger partial charge < -0.3 is 9.80 Å². The number of halogens is 1. The van der Waals surface area contributed by atoms with Crippen LogP contribution in [0.4, 0.5) is 5.69 Å². The van der Waals surface area contributed by atoms with E-state index in [4.69, 9.17) is 11.6 Å². The molecule has 0 bridgehead atoms. The quantitative estimate of drug-likeness (QED) is 0.551. The summed E-state index contributed by atoms with van der Waals surface area (Å²) in [5.41, 5.74) is 2.91. The Morgan fingerprint density at radius 1 is 1.26 bits per heavy atom. The summed E-state index contributed by atoms with van der Waals surface area (Å²) in [6, 6.07) is 7.78. The molecule has 0 spiro atoms. The number of carbonyl (C=O) groups is 1. The van der Waals surface area contributed by atoms with Gasteiger partial charge in [0.1, 0.15) is 12.1 Å². The molecule has 7 nitrogen and oxygen atoms in total. The van der Waals surface area contributed by atoms with E-state index in [1.54, 1.807) is 23.1 Å². The predicted molar refractivity (Wildman–Crippen MR) is 102 cm³/mol. The van der Waals surface area contributed by atoms with Crippen molar-refractivity contribution in [2.75, 3.05) is 31.1 Å². The number of aryl methyl sites for hydroxylation is 1. The fourth-order valence-corrected chi connectivity index (χ4v) is 3.52. The summed E-state index contributed by atoms with van der Waals surface area (Å²) in [6.45, 7) is 5.05. The number of carbonyl (C=O) groups excluding carboxylic acids is 1. The molecule has 4 rings (SSSR count). The topological polar surface area (TPSA) is 65.5 Å². The van der Waals surface area contributed by atoms with Gasteiger partial charge in [-0.2, -0.15) is 5.10 Å². The average Bonchev–Trinajstić information content (AvgIpc) is 3.06. The first-order chi connectivity index (χ1) is 13.0. The number of aromatic nitrogens is 3. The van der Waals surface area contributed by atoms with E-state index in [1.807, 2.05) is 24.0 Å². The van der Waals surface area contributed by atoms with E-state index in [0.717, 1.165) is 45.0 Å². The lowest BCUT2D eigenvalue weighted by Gasteiger charge is -2.36. The van der Waals surface area contributed by atoms with Gasteiger partial charge in [0.15, 0.2) is 0 Å². The summed E-state index contributed by atoms with van der Waals surface area (Å²) in [6.07, 6.45) is 4.79. The van der Waals surface area contributed by atoms with Crippen LogP contribution < -0.4 is 9.63 Å². The highest BCUT2D eigenvalue weighted by molar-refractivity contribution is 6.31. The van der Waals surface area contributed by atoms with Gasteiger partial charge in [0.2, 0.25) is 18.3 Å². The minimum Gasteiger partial charge on any atom is -0.368 e. The van der Waals surface area contributed by atoms with Crippen molar-refractivity contribution in [3.05, 3.63) is 53.4 Å². The number of fused-ring (bicyclic) bond motifs is 1. The number of benzene rings is 1. The van der Waals surface area contributed by atoms with Gasteiger partial charge in [-0.3, -0.25) is 10.0 Å². The van der Waals surface area contributed by atoms with Crippen molar-refractivity contribution >= 4 is 34.1 Å². The highest BCUT2D eigenvalue weighted by Gasteiger charge is 2.22. The lowest BCUT2D eigenvalue weighted by atomic mass is 10.2. The first kappa shape index (κ1) is 17.6. The van der Waals surface area contributed by atoms with E-state index in [0.29, 0.717) is 13.1 Å². The monoisotopic (exact) mass is 386 g/mol. The highest BCUT2D eigenvalue weighted by atomic mass is 35.5. The molecule has 0 atom stereocenters. The molecule has 140 valence electrons. The fourth-order valence-electron chi connectivity index (χ4n) is 3.40. The number of nitrogens with zero attached hydrogens (tertiary/aromatic N) is 5. The lowest BCUT2D eigenvalue weighted by molar-refractivity contribution is -0.904. The first-order valence-corrected chi connectivity index (χ1v) is 9.24. The maximum absolute atomic E-state index is 12.7. The molecule has 8 heteroatoms. The van der Waals surface area contributed by atoms with Crippen LogP contribution in [0.15, 0.2) is 42.9 Å². The van der Waals surface area contributed by atoms with Crippen LogP contribution in [0.3, 0.4) is 0 Å². The molecule has 0 unspecified atom stereocenters. The molecule has 0 radical (unpaired) electrons. The van der Waals surface area contributed by atoms with Crippen LogP contribution in [0.1, 0.15) is 5.56 Å². The summed E-state index contributed by atoms with van der Waals surface area (Å²) in [7, 11) is 0. The van der Waals surface area contributed by atoms with Crippen molar-refractivity contribution < 1.29 is 14.7 Å². The maximum atomic E-state index is 12.7. The summed E-state index contributed by atoms with van der Waals surface area (Å²) < 4.78 is 2.59. The third-order valence-corrected chi connectivity index (χ3v) is 5.42. The Morgan fingerprint density at radius 3 is 2.78 bits per heavy atom. The number of piperazine rings is 1. The number of hydrogen-bond donors (Lipinski definition) is 1. The largest absolute Gasteiger partial charge is 0.368 e. The summed E-state index contributed by atoms with van der Waals surface area (Å²) in [5.74, 6) is 0.0280. The molecular weight excluding hydrogens is 366 g/mol. The molecule has 1 fully saturated rings. The van der Waals surface area contributed by atoms with Gasteiger partial charge in [0.25, 0.3) is 0 Å². The van der Waals surface area contributed by atoms with Crippen LogP contribution in [0, 0.1) is 6.92 Å². The van der Waals surface area contributed by atoms with E-state index in [-0.39, 0.29) is 12.5 Å². The minimum atomic E-state index is 0.0280. The maximum Gasteiger partial charge on any atom is 0.248 e. The standard InChI is InChI=1S/C19H21ClN5O2/c1-14-10-16(2-3-17(14)20)22-6-8-23(9-7-22)19(26)13-25-18-12-24(27)5-4-15(18)11-21-25/h2-5,10-12,27H,6-9,13H2,1H3/q+1. The summed E-state index contributed by atoms with van der Waals surface area (Å²) >= 11 is 6.11. The Kier molecular flexibility index (Phi) is 4.61. The van der Waals surface area contributed by atoms with E-state index < -0.39 is 0 Å². The first-order valence-electron chi connectivity index (χ1n) is 8.86. The van der Waals surface area contributed by atoms with Gasteiger partial charge in [0, 0.05) is 53.1 Å². The van der Waals surface area contributed by atoms with Crippen LogP contribution in [0.25, 0.3) is 10.9 Å². The molecule has 0 aliphatic carbocycles. The normalized spacial score (nSPS) is 14.7. The summed E-state index contributed by atoms with van der Waals surface area (Å²) in [5, 5.41) is 15.5. The molecule has 1 amide bonds. The van der Waals surface area contributed by atoms with Gasteiger partial charge in [-0.15, -0.1) is 0 Å². The second-order valence-corrected chi connectivity index (χ2v) is 7.18. The van der Waals surface area contributed by atoms with Crippen LogP contribution in [-0.2, 0) is 11.3 Å². The molecule has 0 saturated carbocycles. The molecule has 27 heavy (non-hydrogen) atoms. The summed E-state index contributed by atoms with van der Waals surface area (Å²) in [4.78, 5) is 16.8. The molecule has 3 heterocycles.